The normalized spacial score (nSPS) is 29.6. The molecule has 0 aromatic heterocycles. The number of ether oxygens (including phenoxy) is 2. The zero-order chi connectivity index (χ0) is 14.1. The lowest BCUT2D eigenvalue weighted by molar-refractivity contribution is -0.0892. The maximum Gasteiger partial charge on any atom is 0.0877 e. The van der Waals surface area contributed by atoms with Gasteiger partial charge in [-0.15, -0.1) is 0 Å². The Morgan fingerprint density at radius 2 is 2.00 bits per heavy atom. The first-order valence-corrected chi connectivity index (χ1v) is 7.01. The van der Waals surface area contributed by atoms with Crippen molar-refractivity contribution >= 4 is 15.9 Å². The van der Waals surface area contributed by atoms with Crippen molar-refractivity contribution in [1.82, 2.24) is 0 Å². The van der Waals surface area contributed by atoms with E-state index in [0.29, 0.717) is 6.61 Å². The van der Waals surface area contributed by atoms with Gasteiger partial charge >= 0.3 is 0 Å². The van der Waals surface area contributed by atoms with Gasteiger partial charge in [-0.1, -0.05) is 22.0 Å². The van der Waals surface area contributed by atoms with Gasteiger partial charge in [-0.3, -0.25) is 0 Å². The number of methoxy groups -OCH3 is 2. The molecule has 0 saturated heterocycles. The number of nitriles is 1. The van der Waals surface area contributed by atoms with Gasteiger partial charge in [-0.25, -0.2) is 0 Å². The summed E-state index contributed by atoms with van der Waals surface area (Å²) in [6.45, 7) is 2.60. The Hall–Kier alpha value is -0.890. The Bertz CT molecular complexity index is 515. The van der Waals surface area contributed by atoms with E-state index in [1.54, 1.807) is 14.2 Å². The summed E-state index contributed by atoms with van der Waals surface area (Å²) in [5.74, 6) is 0. The summed E-state index contributed by atoms with van der Waals surface area (Å²) < 4.78 is 11.6. The van der Waals surface area contributed by atoms with E-state index >= 15 is 0 Å². The summed E-state index contributed by atoms with van der Waals surface area (Å²) in [6, 6.07) is 8.58. The Kier molecular flexibility index (Phi) is 4.00. The van der Waals surface area contributed by atoms with E-state index in [0.717, 1.165) is 28.4 Å². The highest BCUT2D eigenvalue weighted by molar-refractivity contribution is 9.10. The molecule has 0 unspecified atom stereocenters. The maximum absolute atomic E-state index is 9.58. The first-order valence-electron chi connectivity index (χ1n) is 6.22. The molecule has 0 spiro atoms. The van der Waals surface area contributed by atoms with Crippen molar-refractivity contribution in [3.8, 4) is 6.07 Å². The van der Waals surface area contributed by atoms with Crippen LogP contribution in [0.15, 0.2) is 22.7 Å². The Morgan fingerprint density at radius 1 is 1.32 bits per heavy atom. The van der Waals surface area contributed by atoms with Crippen LogP contribution in [0.4, 0.5) is 0 Å². The maximum atomic E-state index is 9.58. The molecule has 1 aliphatic rings. The van der Waals surface area contributed by atoms with E-state index in [1.807, 2.05) is 12.1 Å². The molecular weight excluding hydrogens is 306 g/mol. The quantitative estimate of drug-likeness (QED) is 0.850. The minimum absolute atomic E-state index is 0.181. The zero-order valence-corrected chi connectivity index (χ0v) is 13.1. The molecule has 1 aliphatic carbocycles. The van der Waals surface area contributed by atoms with E-state index in [1.165, 1.54) is 0 Å². The van der Waals surface area contributed by atoms with E-state index in [9.17, 15) is 5.26 Å². The number of benzene rings is 1. The Morgan fingerprint density at radius 3 is 2.53 bits per heavy atom. The molecule has 19 heavy (non-hydrogen) atoms. The fourth-order valence-electron chi connectivity index (χ4n) is 2.89. The average molecular weight is 324 g/mol. The predicted octanol–water partition coefficient (Wildman–Crippen LogP) is 3.56. The third-order valence-corrected chi connectivity index (χ3v) is 4.34. The standard InChI is InChI=1S/C15H18BrNO2/c1-14(19-3)8-15(9-14,10-17)12-4-11(7-18-2)5-13(16)6-12/h4-6H,7-9H2,1-3H3. The van der Waals surface area contributed by atoms with Crippen LogP contribution in [-0.2, 0) is 21.5 Å². The monoisotopic (exact) mass is 323 g/mol. The number of nitrogens with zero attached hydrogens (tertiary/aromatic N) is 1. The molecule has 0 bridgehead atoms. The predicted molar refractivity (Wildman–Crippen MR) is 76.8 cm³/mol. The van der Waals surface area contributed by atoms with E-state index in [-0.39, 0.29) is 5.60 Å². The topological polar surface area (TPSA) is 42.2 Å². The Balaban J connectivity index is 2.33. The van der Waals surface area contributed by atoms with E-state index in [2.05, 4.69) is 35.0 Å². The van der Waals surface area contributed by atoms with Crippen LogP contribution in [0.1, 0.15) is 30.9 Å². The fraction of sp³-hybridized carbons (Fsp3) is 0.533. The highest BCUT2D eigenvalue weighted by Gasteiger charge is 2.54. The first kappa shape index (κ1) is 14.5. The van der Waals surface area contributed by atoms with Crippen molar-refractivity contribution < 1.29 is 9.47 Å². The minimum atomic E-state index is -0.434. The molecule has 0 amide bonds. The summed E-state index contributed by atoms with van der Waals surface area (Å²) in [7, 11) is 3.38. The van der Waals surface area contributed by atoms with Crippen LogP contribution in [0.3, 0.4) is 0 Å². The van der Waals surface area contributed by atoms with Gasteiger partial charge in [-0.2, -0.15) is 5.26 Å². The molecule has 1 aromatic rings. The van der Waals surface area contributed by atoms with Crippen LogP contribution in [-0.4, -0.2) is 19.8 Å². The average Bonchev–Trinajstić information content (AvgIpc) is 2.34. The van der Waals surface area contributed by atoms with Crippen LogP contribution in [0.2, 0.25) is 0 Å². The molecule has 1 aromatic carbocycles. The van der Waals surface area contributed by atoms with Gasteiger partial charge in [-0.05, 0) is 43.0 Å². The van der Waals surface area contributed by atoms with Gasteiger partial charge in [0.1, 0.15) is 0 Å². The van der Waals surface area contributed by atoms with Gasteiger partial charge in [0.05, 0.1) is 23.7 Å². The zero-order valence-electron chi connectivity index (χ0n) is 11.5. The summed E-state index contributed by atoms with van der Waals surface area (Å²) in [5, 5.41) is 9.58. The summed E-state index contributed by atoms with van der Waals surface area (Å²) in [4.78, 5) is 0. The Labute approximate surface area is 122 Å². The van der Waals surface area contributed by atoms with Crippen LogP contribution in [0, 0.1) is 11.3 Å². The van der Waals surface area contributed by atoms with E-state index < -0.39 is 5.41 Å². The highest BCUT2D eigenvalue weighted by Crippen LogP contribution is 2.51. The molecule has 102 valence electrons. The van der Waals surface area contributed by atoms with Crippen LogP contribution in [0.5, 0.6) is 0 Å². The second kappa shape index (κ2) is 5.24. The van der Waals surface area contributed by atoms with Crippen molar-refractivity contribution in [3.63, 3.8) is 0 Å². The molecule has 1 saturated carbocycles. The summed E-state index contributed by atoms with van der Waals surface area (Å²) in [5.41, 5.74) is 1.51. The molecule has 0 atom stereocenters. The molecule has 3 nitrogen and oxygen atoms in total. The number of hydrogen-bond acceptors (Lipinski definition) is 3. The molecule has 0 heterocycles. The smallest absolute Gasteiger partial charge is 0.0877 e. The molecule has 1 fully saturated rings. The van der Waals surface area contributed by atoms with Gasteiger partial charge in [0, 0.05) is 18.7 Å². The lowest BCUT2D eigenvalue weighted by Gasteiger charge is -2.50. The second-order valence-corrected chi connectivity index (χ2v) is 6.40. The first-order chi connectivity index (χ1) is 8.97. The minimum Gasteiger partial charge on any atom is -0.380 e. The number of rotatable bonds is 4. The third kappa shape index (κ3) is 2.69. The van der Waals surface area contributed by atoms with Gasteiger partial charge in [0.15, 0.2) is 0 Å². The molecule has 2 rings (SSSR count). The van der Waals surface area contributed by atoms with Gasteiger partial charge in [0.25, 0.3) is 0 Å². The van der Waals surface area contributed by atoms with Crippen molar-refractivity contribution in [2.75, 3.05) is 14.2 Å². The summed E-state index contributed by atoms with van der Waals surface area (Å²) in [6.07, 6.45) is 1.46. The van der Waals surface area contributed by atoms with Crippen molar-refractivity contribution in [1.29, 1.82) is 5.26 Å². The fourth-order valence-corrected chi connectivity index (χ4v) is 3.43. The molecule has 0 radical (unpaired) electrons. The lowest BCUT2D eigenvalue weighted by Crippen LogP contribution is -2.53. The van der Waals surface area contributed by atoms with Gasteiger partial charge in [0.2, 0.25) is 0 Å². The largest absolute Gasteiger partial charge is 0.380 e. The van der Waals surface area contributed by atoms with Crippen molar-refractivity contribution in [3.05, 3.63) is 33.8 Å². The number of hydrogen-bond donors (Lipinski definition) is 0. The second-order valence-electron chi connectivity index (χ2n) is 5.48. The SMILES string of the molecule is COCc1cc(Br)cc(C2(C#N)CC(C)(OC)C2)c1. The van der Waals surface area contributed by atoms with Crippen molar-refractivity contribution in [2.45, 2.75) is 37.4 Å². The van der Waals surface area contributed by atoms with Crippen LogP contribution in [0.25, 0.3) is 0 Å². The molecule has 4 heteroatoms. The van der Waals surface area contributed by atoms with Crippen LogP contribution >= 0.6 is 15.9 Å². The van der Waals surface area contributed by atoms with E-state index in [4.69, 9.17) is 9.47 Å². The molecule has 0 aliphatic heterocycles. The van der Waals surface area contributed by atoms with Gasteiger partial charge < -0.3 is 9.47 Å². The summed E-state index contributed by atoms with van der Waals surface area (Å²) >= 11 is 3.51. The van der Waals surface area contributed by atoms with Crippen molar-refractivity contribution in [2.24, 2.45) is 0 Å². The molecular formula is C15H18BrNO2. The van der Waals surface area contributed by atoms with Crippen LogP contribution < -0.4 is 0 Å². The third-order valence-electron chi connectivity index (χ3n) is 3.88. The lowest BCUT2D eigenvalue weighted by atomic mass is 9.57. The number of halogens is 1. The highest BCUT2D eigenvalue weighted by atomic mass is 79.9. The molecule has 0 N–H and O–H groups in total.